The molecule has 116 valence electrons. The van der Waals surface area contributed by atoms with E-state index in [1.54, 1.807) is 0 Å². The van der Waals surface area contributed by atoms with Gasteiger partial charge in [-0.2, -0.15) is 0 Å². The van der Waals surface area contributed by atoms with Crippen LogP contribution >= 0.6 is 7.92 Å². The molecule has 0 aliphatic carbocycles. The molecule has 1 aliphatic heterocycles. The van der Waals surface area contributed by atoms with Crippen LogP contribution in [0, 0.1) is 0 Å². The summed E-state index contributed by atoms with van der Waals surface area (Å²) in [4.78, 5) is 0. The van der Waals surface area contributed by atoms with Crippen LogP contribution in [0.5, 0.6) is 0 Å². The molecule has 1 saturated heterocycles. The molecule has 0 amide bonds. The van der Waals surface area contributed by atoms with Gasteiger partial charge >= 0.3 is 0 Å². The molecule has 1 atom stereocenters. The Bertz CT molecular complexity index is 500. The molecule has 1 aliphatic rings. The van der Waals surface area contributed by atoms with Gasteiger partial charge < -0.3 is 4.43 Å². The monoisotopic (exact) mass is 328 g/mol. The van der Waals surface area contributed by atoms with Gasteiger partial charge in [0.15, 0.2) is 9.04 Å². The largest absolute Gasteiger partial charge is 0.420 e. The molecule has 2 aromatic carbocycles. The molecule has 1 heterocycles. The smallest absolute Gasteiger partial charge is 0.176 e. The fourth-order valence-electron chi connectivity index (χ4n) is 3.14. The molecular formula is C19H25OPSi. The Labute approximate surface area is 137 Å². The first-order valence-corrected chi connectivity index (χ1v) is 12.1. The molecule has 1 unspecified atom stereocenters. The summed E-state index contributed by atoms with van der Waals surface area (Å²) >= 11 is 0. The average Bonchev–Trinajstić information content (AvgIpc) is 2.61. The number of hydrogen-bond acceptors (Lipinski definition) is 1. The van der Waals surface area contributed by atoms with Crippen LogP contribution in [-0.2, 0) is 4.43 Å². The topological polar surface area (TPSA) is 9.23 Å². The highest BCUT2D eigenvalue weighted by atomic mass is 31.1. The van der Waals surface area contributed by atoms with Crippen molar-refractivity contribution in [3.63, 3.8) is 0 Å². The Kier molecular flexibility index (Phi) is 6.24. The third-order valence-electron chi connectivity index (χ3n) is 4.32. The first-order valence-electron chi connectivity index (χ1n) is 8.43. The van der Waals surface area contributed by atoms with E-state index in [1.807, 2.05) is 0 Å². The van der Waals surface area contributed by atoms with Crippen molar-refractivity contribution in [3.05, 3.63) is 60.7 Å². The Morgan fingerprint density at radius 2 is 1.50 bits per heavy atom. The van der Waals surface area contributed by atoms with Crippen molar-refractivity contribution in [2.75, 3.05) is 12.8 Å². The second-order valence-corrected chi connectivity index (χ2v) is 11.0. The summed E-state index contributed by atoms with van der Waals surface area (Å²) in [5.41, 5.74) is 0. The second kappa shape index (κ2) is 8.62. The average molecular weight is 328 g/mol. The standard InChI is InChI=1S/C19H25OPSi/c1-3-10-18(11-4-1)21(19-12-5-2-6-13-19)15-9-17-22-16-8-7-14-20-22/h1-6,10-13,22H,7-9,14-17H2. The molecule has 0 aromatic heterocycles. The van der Waals surface area contributed by atoms with Crippen molar-refractivity contribution < 1.29 is 4.43 Å². The molecule has 2 aromatic rings. The van der Waals surface area contributed by atoms with E-state index in [4.69, 9.17) is 4.43 Å². The van der Waals surface area contributed by atoms with E-state index in [9.17, 15) is 0 Å². The minimum absolute atomic E-state index is 0.211. The maximum Gasteiger partial charge on any atom is 0.176 e. The fourth-order valence-corrected chi connectivity index (χ4v) is 8.38. The molecule has 0 bridgehead atoms. The lowest BCUT2D eigenvalue weighted by molar-refractivity contribution is 0.286. The molecule has 1 nitrogen and oxygen atoms in total. The molecule has 1 fully saturated rings. The van der Waals surface area contributed by atoms with Crippen LogP contribution in [-0.4, -0.2) is 21.8 Å². The van der Waals surface area contributed by atoms with Crippen LogP contribution in [0.3, 0.4) is 0 Å². The molecule has 3 heteroatoms. The van der Waals surface area contributed by atoms with E-state index in [0.717, 1.165) is 6.61 Å². The minimum Gasteiger partial charge on any atom is -0.420 e. The summed E-state index contributed by atoms with van der Waals surface area (Å²) < 4.78 is 6.02. The van der Waals surface area contributed by atoms with Gasteiger partial charge in [0.2, 0.25) is 0 Å². The SMILES string of the molecule is c1ccc(P(CCC[SiH]2CCCCO2)c2ccccc2)cc1. The molecular weight excluding hydrogens is 303 g/mol. The van der Waals surface area contributed by atoms with Crippen molar-refractivity contribution in [1.82, 2.24) is 0 Å². The lowest BCUT2D eigenvalue weighted by Crippen LogP contribution is -2.23. The van der Waals surface area contributed by atoms with Gasteiger partial charge in [-0.25, -0.2) is 0 Å². The van der Waals surface area contributed by atoms with E-state index in [2.05, 4.69) is 60.7 Å². The van der Waals surface area contributed by atoms with Gasteiger partial charge in [-0.1, -0.05) is 67.1 Å². The molecule has 0 spiro atoms. The van der Waals surface area contributed by atoms with Gasteiger partial charge in [0.1, 0.15) is 0 Å². The van der Waals surface area contributed by atoms with E-state index in [-0.39, 0.29) is 7.92 Å². The molecule has 22 heavy (non-hydrogen) atoms. The Balaban J connectivity index is 1.64. The summed E-state index contributed by atoms with van der Waals surface area (Å²) in [7, 11) is -1.07. The minimum atomic E-state index is -0.862. The zero-order valence-corrected chi connectivity index (χ0v) is 15.2. The first-order chi connectivity index (χ1) is 10.9. The third-order valence-corrected chi connectivity index (χ3v) is 9.74. The van der Waals surface area contributed by atoms with E-state index < -0.39 is 9.04 Å². The summed E-state index contributed by atoms with van der Waals surface area (Å²) in [5, 5.41) is 3.02. The van der Waals surface area contributed by atoms with Crippen molar-refractivity contribution >= 4 is 27.6 Å². The lowest BCUT2D eigenvalue weighted by atomic mass is 10.4. The van der Waals surface area contributed by atoms with Crippen molar-refractivity contribution in [2.24, 2.45) is 0 Å². The van der Waals surface area contributed by atoms with Crippen LogP contribution in [0.4, 0.5) is 0 Å². The first kappa shape index (κ1) is 15.9. The summed E-state index contributed by atoms with van der Waals surface area (Å²) in [6.45, 7) is 1.03. The van der Waals surface area contributed by atoms with Gasteiger partial charge in [0, 0.05) is 6.61 Å². The van der Waals surface area contributed by atoms with Gasteiger partial charge in [-0.3, -0.25) is 0 Å². The highest BCUT2D eigenvalue weighted by Crippen LogP contribution is 2.35. The summed E-state index contributed by atoms with van der Waals surface area (Å²) in [5.74, 6) is 0. The van der Waals surface area contributed by atoms with Crippen LogP contribution in [0.25, 0.3) is 0 Å². The third kappa shape index (κ3) is 4.52. The molecule has 3 rings (SSSR count). The lowest BCUT2D eigenvalue weighted by Gasteiger charge is -2.23. The van der Waals surface area contributed by atoms with Gasteiger partial charge in [-0.15, -0.1) is 0 Å². The predicted molar refractivity (Wildman–Crippen MR) is 101 cm³/mol. The fraction of sp³-hybridized carbons (Fsp3) is 0.368. The molecule has 0 radical (unpaired) electrons. The van der Waals surface area contributed by atoms with Crippen molar-refractivity contribution in [2.45, 2.75) is 31.4 Å². The predicted octanol–water partition coefficient (Wildman–Crippen LogP) is 4.04. The van der Waals surface area contributed by atoms with Crippen LogP contribution < -0.4 is 10.6 Å². The molecule has 0 N–H and O–H groups in total. The van der Waals surface area contributed by atoms with Crippen LogP contribution in [0.15, 0.2) is 60.7 Å². The Morgan fingerprint density at radius 3 is 2.05 bits per heavy atom. The van der Waals surface area contributed by atoms with E-state index in [1.165, 1.54) is 48.1 Å². The number of rotatable bonds is 6. The van der Waals surface area contributed by atoms with Crippen LogP contribution in [0.2, 0.25) is 12.1 Å². The van der Waals surface area contributed by atoms with Crippen molar-refractivity contribution in [3.8, 4) is 0 Å². The quantitative estimate of drug-likeness (QED) is 0.574. The van der Waals surface area contributed by atoms with Gasteiger partial charge in [0.05, 0.1) is 0 Å². The summed E-state index contributed by atoms with van der Waals surface area (Å²) in [6.07, 6.45) is 5.32. The van der Waals surface area contributed by atoms with Crippen LogP contribution in [0.1, 0.15) is 19.3 Å². The van der Waals surface area contributed by atoms with E-state index in [0.29, 0.717) is 0 Å². The molecule has 0 saturated carbocycles. The maximum absolute atomic E-state index is 6.02. The van der Waals surface area contributed by atoms with Crippen molar-refractivity contribution in [1.29, 1.82) is 0 Å². The zero-order valence-electron chi connectivity index (χ0n) is 13.2. The highest BCUT2D eigenvalue weighted by Gasteiger charge is 2.18. The zero-order chi connectivity index (χ0) is 15.0. The Morgan fingerprint density at radius 1 is 0.864 bits per heavy atom. The number of hydrogen-bond donors (Lipinski definition) is 0. The normalized spacial score (nSPS) is 18.5. The highest BCUT2D eigenvalue weighted by molar-refractivity contribution is 7.73. The number of benzene rings is 2. The Hall–Kier alpha value is -0.953. The van der Waals surface area contributed by atoms with E-state index >= 15 is 0 Å². The summed E-state index contributed by atoms with van der Waals surface area (Å²) in [6, 6.07) is 24.9. The maximum atomic E-state index is 6.02. The van der Waals surface area contributed by atoms with Gasteiger partial charge in [-0.05, 0) is 49.6 Å². The van der Waals surface area contributed by atoms with Gasteiger partial charge in [0.25, 0.3) is 0 Å². The second-order valence-electron chi connectivity index (χ2n) is 5.95.